The Kier molecular flexibility index (Phi) is 4.91. The van der Waals surface area contributed by atoms with E-state index in [-0.39, 0.29) is 11.8 Å². The standard InChI is InChI=1S/C18H26N2O/c21-18(19-15-9-3-1-4-10-15)16-11-5-6-12-17(16)20-13-7-2-8-14-20/h1,3-4,9-10,16-17H,2,5-8,11-14H2,(H,19,21)/t16-,17-/m1/s1. The fourth-order valence-electron chi connectivity index (χ4n) is 3.86. The molecular formula is C18H26N2O. The van der Waals surface area contributed by atoms with Gasteiger partial charge in [-0.3, -0.25) is 9.69 Å². The van der Waals surface area contributed by atoms with Gasteiger partial charge in [0.05, 0.1) is 5.92 Å². The predicted octanol–water partition coefficient (Wildman–Crippen LogP) is 3.67. The lowest BCUT2D eigenvalue weighted by Crippen LogP contribution is -2.48. The largest absolute Gasteiger partial charge is 0.326 e. The molecule has 3 rings (SSSR count). The molecule has 0 unspecified atom stereocenters. The van der Waals surface area contributed by atoms with Crippen LogP contribution in [0.5, 0.6) is 0 Å². The average molecular weight is 286 g/mol. The van der Waals surface area contributed by atoms with Gasteiger partial charge in [0.15, 0.2) is 0 Å². The van der Waals surface area contributed by atoms with Crippen molar-refractivity contribution >= 4 is 11.6 Å². The summed E-state index contributed by atoms with van der Waals surface area (Å²) < 4.78 is 0. The molecular weight excluding hydrogens is 260 g/mol. The first-order chi connectivity index (χ1) is 10.3. The smallest absolute Gasteiger partial charge is 0.229 e. The normalized spacial score (nSPS) is 27.2. The van der Waals surface area contributed by atoms with Crippen LogP contribution in [0.2, 0.25) is 0 Å². The van der Waals surface area contributed by atoms with Crippen LogP contribution in [0, 0.1) is 5.92 Å². The SMILES string of the molecule is O=C(Nc1ccccc1)[C@@H]1CCCC[C@H]1N1CCCCC1. The van der Waals surface area contributed by atoms with E-state index in [2.05, 4.69) is 10.2 Å². The molecule has 0 radical (unpaired) electrons. The van der Waals surface area contributed by atoms with E-state index in [0.717, 1.165) is 12.1 Å². The Hall–Kier alpha value is -1.35. The second kappa shape index (κ2) is 7.08. The van der Waals surface area contributed by atoms with E-state index in [1.807, 2.05) is 30.3 Å². The molecule has 1 N–H and O–H groups in total. The number of nitrogens with zero attached hydrogens (tertiary/aromatic N) is 1. The molecule has 21 heavy (non-hydrogen) atoms. The second-order valence-electron chi connectivity index (χ2n) is 6.41. The number of likely N-dealkylation sites (tertiary alicyclic amines) is 1. The number of piperidine rings is 1. The van der Waals surface area contributed by atoms with Crippen LogP contribution in [0.4, 0.5) is 5.69 Å². The van der Waals surface area contributed by atoms with E-state index in [4.69, 9.17) is 0 Å². The van der Waals surface area contributed by atoms with Crippen LogP contribution in [-0.2, 0) is 4.79 Å². The summed E-state index contributed by atoms with van der Waals surface area (Å²) >= 11 is 0. The number of hydrogen-bond acceptors (Lipinski definition) is 2. The number of amides is 1. The number of anilines is 1. The summed E-state index contributed by atoms with van der Waals surface area (Å²) in [6.07, 6.45) is 8.64. The zero-order chi connectivity index (χ0) is 14.5. The molecule has 1 saturated heterocycles. The number of carbonyl (C=O) groups is 1. The van der Waals surface area contributed by atoms with Crippen LogP contribution in [-0.4, -0.2) is 29.9 Å². The van der Waals surface area contributed by atoms with Crippen LogP contribution in [0.1, 0.15) is 44.9 Å². The molecule has 3 nitrogen and oxygen atoms in total. The fourth-order valence-corrected chi connectivity index (χ4v) is 3.86. The van der Waals surface area contributed by atoms with Crippen molar-refractivity contribution in [1.29, 1.82) is 0 Å². The maximum Gasteiger partial charge on any atom is 0.229 e. The molecule has 0 spiro atoms. The van der Waals surface area contributed by atoms with E-state index in [1.54, 1.807) is 0 Å². The minimum absolute atomic E-state index is 0.164. The van der Waals surface area contributed by atoms with Gasteiger partial charge in [-0.15, -0.1) is 0 Å². The number of hydrogen-bond donors (Lipinski definition) is 1. The van der Waals surface area contributed by atoms with Gasteiger partial charge in [0.25, 0.3) is 0 Å². The zero-order valence-corrected chi connectivity index (χ0v) is 12.8. The summed E-state index contributed by atoms with van der Waals surface area (Å²) in [5, 5.41) is 3.12. The van der Waals surface area contributed by atoms with Gasteiger partial charge < -0.3 is 5.32 Å². The molecule has 1 aliphatic carbocycles. The Labute approximate surface area is 127 Å². The van der Waals surface area contributed by atoms with Gasteiger partial charge in [0, 0.05) is 11.7 Å². The lowest BCUT2D eigenvalue weighted by Gasteiger charge is -2.41. The first-order valence-corrected chi connectivity index (χ1v) is 8.44. The highest BCUT2D eigenvalue weighted by Crippen LogP contribution is 2.31. The van der Waals surface area contributed by atoms with Crippen molar-refractivity contribution in [1.82, 2.24) is 4.90 Å². The van der Waals surface area contributed by atoms with Crippen LogP contribution in [0.15, 0.2) is 30.3 Å². The van der Waals surface area contributed by atoms with Crippen molar-refractivity contribution in [3.05, 3.63) is 30.3 Å². The van der Waals surface area contributed by atoms with Gasteiger partial charge in [-0.25, -0.2) is 0 Å². The summed E-state index contributed by atoms with van der Waals surface area (Å²) in [5.41, 5.74) is 0.922. The number of benzene rings is 1. The molecule has 114 valence electrons. The molecule has 0 aromatic heterocycles. The summed E-state index contributed by atoms with van der Waals surface area (Å²) in [5.74, 6) is 0.383. The predicted molar refractivity (Wildman–Crippen MR) is 86.2 cm³/mol. The monoisotopic (exact) mass is 286 g/mol. The molecule has 1 aromatic carbocycles. The summed E-state index contributed by atoms with van der Waals surface area (Å²) in [4.78, 5) is 15.3. The van der Waals surface area contributed by atoms with Gasteiger partial charge in [0.2, 0.25) is 5.91 Å². The topological polar surface area (TPSA) is 32.3 Å². The van der Waals surface area contributed by atoms with E-state index in [9.17, 15) is 4.79 Å². The van der Waals surface area contributed by atoms with Crippen LogP contribution >= 0.6 is 0 Å². The first-order valence-electron chi connectivity index (χ1n) is 8.44. The van der Waals surface area contributed by atoms with Crippen LogP contribution in [0.25, 0.3) is 0 Å². The Morgan fingerprint density at radius 3 is 2.43 bits per heavy atom. The minimum atomic E-state index is 0.164. The van der Waals surface area contributed by atoms with E-state index < -0.39 is 0 Å². The van der Waals surface area contributed by atoms with Gasteiger partial charge in [-0.2, -0.15) is 0 Å². The lowest BCUT2D eigenvalue weighted by molar-refractivity contribution is -0.123. The third-order valence-electron chi connectivity index (χ3n) is 4.97. The molecule has 2 atom stereocenters. The molecule has 0 bridgehead atoms. The van der Waals surface area contributed by atoms with Crippen molar-refractivity contribution in [2.24, 2.45) is 5.92 Å². The molecule has 2 aliphatic rings. The highest BCUT2D eigenvalue weighted by Gasteiger charge is 2.35. The number of rotatable bonds is 3. The van der Waals surface area contributed by atoms with Crippen molar-refractivity contribution in [3.63, 3.8) is 0 Å². The van der Waals surface area contributed by atoms with Crippen molar-refractivity contribution < 1.29 is 4.79 Å². The number of nitrogens with one attached hydrogen (secondary N) is 1. The van der Waals surface area contributed by atoms with Gasteiger partial charge in [-0.05, 0) is 50.9 Å². The Balaban J connectivity index is 1.66. The highest BCUT2D eigenvalue weighted by atomic mass is 16.1. The molecule has 1 aromatic rings. The van der Waals surface area contributed by atoms with Crippen LogP contribution in [0.3, 0.4) is 0 Å². The van der Waals surface area contributed by atoms with Crippen molar-refractivity contribution in [3.8, 4) is 0 Å². The van der Waals surface area contributed by atoms with Crippen molar-refractivity contribution in [2.45, 2.75) is 51.0 Å². The highest BCUT2D eigenvalue weighted by molar-refractivity contribution is 5.93. The third kappa shape index (κ3) is 3.65. The van der Waals surface area contributed by atoms with E-state index in [1.165, 1.54) is 51.6 Å². The number of carbonyl (C=O) groups excluding carboxylic acids is 1. The molecule has 3 heteroatoms. The molecule has 1 heterocycles. The van der Waals surface area contributed by atoms with Gasteiger partial charge in [0.1, 0.15) is 0 Å². The summed E-state index contributed by atoms with van der Waals surface area (Å²) in [7, 11) is 0. The van der Waals surface area contributed by atoms with Gasteiger partial charge >= 0.3 is 0 Å². The maximum atomic E-state index is 12.7. The third-order valence-corrected chi connectivity index (χ3v) is 4.97. The molecule has 1 amide bonds. The minimum Gasteiger partial charge on any atom is -0.326 e. The Bertz CT molecular complexity index is 454. The fraction of sp³-hybridized carbons (Fsp3) is 0.611. The summed E-state index contributed by atoms with van der Waals surface area (Å²) in [6, 6.07) is 10.3. The quantitative estimate of drug-likeness (QED) is 0.919. The lowest BCUT2D eigenvalue weighted by atomic mass is 9.82. The van der Waals surface area contributed by atoms with Crippen LogP contribution < -0.4 is 5.32 Å². The molecule has 2 fully saturated rings. The zero-order valence-electron chi connectivity index (χ0n) is 12.8. The van der Waals surface area contributed by atoms with E-state index in [0.29, 0.717) is 6.04 Å². The number of para-hydroxylation sites is 1. The van der Waals surface area contributed by atoms with Gasteiger partial charge in [-0.1, -0.05) is 37.5 Å². The molecule has 1 saturated carbocycles. The Morgan fingerprint density at radius 1 is 0.952 bits per heavy atom. The first kappa shape index (κ1) is 14.6. The average Bonchev–Trinajstić information content (AvgIpc) is 2.56. The van der Waals surface area contributed by atoms with E-state index >= 15 is 0 Å². The maximum absolute atomic E-state index is 12.7. The Morgan fingerprint density at radius 2 is 1.67 bits per heavy atom. The summed E-state index contributed by atoms with van der Waals surface area (Å²) in [6.45, 7) is 2.36. The molecule has 1 aliphatic heterocycles. The second-order valence-corrected chi connectivity index (χ2v) is 6.41. The van der Waals surface area contributed by atoms with Crippen molar-refractivity contribution in [2.75, 3.05) is 18.4 Å².